The first-order chi connectivity index (χ1) is 13.1. The number of fused-ring (bicyclic) bond motifs is 1. The van der Waals surface area contributed by atoms with Gasteiger partial charge >= 0.3 is 0 Å². The van der Waals surface area contributed by atoms with Crippen LogP contribution in [0.4, 0.5) is 0 Å². The molecule has 0 aliphatic carbocycles. The number of ether oxygens (including phenoxy) is 3. The predicted octanol–water partition coefficient (Wildman–Crippen LogP) is 3.27. The van der Waals surface area contributed by atoms with Gasteiger partial charge < -0.3 is 24.4 Å². The topological polar surface area (TPSA) is 43.0 Å². The Morgan fingerprint density at radius 1 is 1.11 bits per heavy atom. The van der Waals surface area contributed by atoms with E-state index in [-0.39, 0.29) is 6.04 Å². The van der Waals surface area contributed by atoms with E-state index in [1.165, 1.54) is 16.7 Å². The van der Waals surface area contributed by atoms with Crippen LogP contribution in [0, 0.1) is 0 Å². The van der Waals surface area contributed by atoms with E-state index in [0.29, 0.717) is 13.2 Å². The molecular formula is C22H30N2O3. The van der Waals surface area contributed by atoms with Crippen LogP contribution < -0.4 is 19.5 Å². The smallest absolute Gasteiger partial charge is 0.161 e. The summed E-state index contributed by atoms with van der Waals surface area (Å²) in [6.07, 6.45) is 0.978. The summed E-state index contributed by atoms with van der Waals surface area (Å²) in [7, 11) is 5.78. The fourth-order valence-corrected chi connectivity index (χ4v) is 3.42. The van der Waals surface area contributed by atoms with Gasteiger partial charge in [0.05, 0.1) is 19.8 Å². The Hall–Kier alpha value is -2.24. The maximum absolute atomic E-state index is 6.03. The summed E-state index contributed by atoms with van der Waals surface area (Å²) in [5, 5.41) is 3.64. The summed E-state index contributed by atoms with van der Waals surface area (Å²) in [5.41, 5.74) is 3.75. The molecule has 0 amide bonds. The number of methoxy groups -OCH3 is 1. The van der Waals surface area contributed by atoms with Gasteiger partial charge in [-0.1, -0.05) is 12.1 Å². The van der Waals surface area contributed by atoms with Gasteiger partial charge in [-0.25, -0.2) is 0 Å². The third kappa shape index (κ3) is 4.73. The minimum absolute atomic E-state index is 0.122. The van der Waals surface area contributed by atoms with E-state index in [0.717, 1.165) is 36.8 Å². The summed E-state index contributed by atoms with van der Waals surface area (Å²) < 4.78 is 17.3. The third-order valence-corrected chi connectivity index (χ3v) is 4.78. The minimum Gasteiger partial charge on any atom is -0.494 e. The van der Waals surface area contributed by atoms with Crippen LogP contribution in [0.2, 0.25) is 0 Å². The molecule has 0 radical (unpaired) electrons. The fourth-order valence-electron chi connectivity index (χ4n) is 3.42. The Morgan fingerprint density at radius 2 is 1.96 bits per heavy atom. The summed E-state index contributed by atoms with van der Waals surface area (Å²) >= 11 is 0. The molecule has 5 heteroatoms. The van der Waals surface area contributed by atoms with Crippen LogP contribution >= 0.6 is 0 Å². The Kier molecular flexibility index (Phi) is 6.58. The maximum Gasteiger partial charge on any atom is 0.161 e. The van der Waals surface area contributed by atoms with Crippen molar-refractivity contribution in [2.45, 2.75) is 19.4 Å². The van der Waals surface area contributed by atoms with Crippen molar-refractivity contribution in [3.63, 3.8) is 0 Å². The standard InChI is InChI=1S/C22H30N2O3/c1-5-26-18-8-6-7-17(13-18)22-19-15-21(27-12-11-24(2)3)20(25-4)14-16(19)9-10-23-22/h6-8,13-15,22-23H,5,9-12H2,1-4H3. The molecule has 1 N–H and O–H groups in total. The lowest BCUT2D eigenvalue weighted by molar-refractivity contribution is 0.250. The van der Waals surface area contributed by atoms with Crippen LogP contribution in [-0.2, 0) is 6.42 Å². The second-order valence-corrected chi connectivity index (χ2v) is 7.00. The van der Waals surface area contributed by atoms with Crippen molar-refractivity contribution in [2.24, 2.45) is 0 Å². The second-order valence-electron chi connectivity index (χ2n) is 7.00. The number of benzene rings is 2. The van der Waals surface area contributed by atoms with Crippen molar-refractivity contribution >= 4 is 0 Å². The quantitative estimate of drug-likeness (QED) is 0.773. The molecule has 1 heterocycles. The average Bonchev–Trinajstić information content (AvgIpc) is 2.67. The second kappa shape index (κ2) is 9.11. The number of likely N-dealkylation sites (N-methyl/N-ethyl adjacent to an activating group) is 1. The Morgan fingerprint density at radius 3 is 2.70 bits per heavy atom. The van der Waals surface area contributed by atoms with E-state index in [1.807, 2.05) is 33.2 Å². The van der Waals surface area contributed by atoms with E-state index in [2.05, 4.69) is 34.5 Å². The summed E-state index contributed by atoms with van der Waals surface area (Å²) in [6.45, 7) is 5.09. The molecule has 146 valence electrons. The first-order valence-corrected chi connectivity index (χ1v) is 9.56. The first kappa shape index (κ1) is 19.5. The van der Waals surface area contributed by atoms with Gasteiger partial charge in [-0.15, -0.1) is 0 Å². The Labute approximate surface area is 162 Å². The van der Waals surface area contributed by atoms with Crippen molar-refractivity contribution < 1.29 is 14.2 Å². The largest absolute Gasteiger partial charge is 0.494 e. The monoisotopic (exact) mass is 370 g/mol. The van der Waals surface area contributed by atoms with Crippen molar-refractivity contribution in [1.82, 2.24) is 10.2 Å². The van der Waals surface area contributed by atoms with Crippen molar-refractivity contribution in [3.05, 3.63) is 53.1 Å². The summed E-state index contributed by atoms with van der Waals surface area (Å²) in [5.74, 6) is 2.50. The minimum atomic E-state index is 0.122. The van der Waals surface area contributed by atoms with Gasteiger partial charge in [0, 0.05) is 13.1 Å². The highest BCUT2D eigenvalue weighted by Gasteiger charge is 2.24. The number of nitrogens with one attached hydrogen (secondary N) is 1. The van der Waals surface area contributed by atoms with Crippen LogP contribution in [-0.4, -0.2) is 52.4 Å². The third-order valence-electron chi connectivity index (χ3n) is 4.78. The summed E-state index contributed by atoms with van der Waals surface area (Å²) in [4.78, 5) is 2.11. The van der Waals surface area contributed by atoms with Crippen LogP contribution in [0.25, 0.3) is 0 Å². The lowest BCUT2D eigenvalue weighted by atomic mass is 9.89. The number of rotatable bonds is 8. The molecule has 1 atom stereocenters. The molecule has 1 aliphatic rings. The van der Waals surface area contributed by atoms with Gasteiger partial charge in [-0.2, -0.15) is 0 Å². The molecule has 0 fully saturated rings. The molecule has 0 bridgehead atoms. The van der Waals surface area contributed by atoms with Gasteiger partial charge in [0.25, 0.3) is 0 Å². The molecule has 2 aromatic rings. The van der Waals surface area contributed by atoms with Gasteiger partial charge in [-0.05, 0) is 68.4 Å². The van der Waals surface area contributed by atoms with E-state index >= 15 is 0 Å². The van der Waals surface area contributed by atoms with Gasteiger partial charge in [0.2, 0.25) is 0 Å². The van der Waals surface area contributed by atoms with Crippen LogP contribution in [0.5, 0.6) is 17.2 Å². The molecule has 3 rings (SSSR count). The van der Waals surface area contributed by atoms with E-state index in [4.69, 9.17) is 14.2 Å². The lowest BCUT2D eigenvalue weighted by Crippen LogP contribution is -2.30. The van der Waals surface area contributed by atoms with E-state index < -0.39 is 0 Å². The zero-order chi connectivity index (χ0) is 19.2. The molecule has 0 saturated carbocycles. The van der Waals surface area contributed by atoms with Crippen LogP contribution in [0.1, 0.15) is 29.7 Å². The molecule has 1 unspecified atom stereocenters. The van der Waals surface area contributed by atoms with E-state index in [1.54, 1.807) is 7.11 Å². The molecule has 0 aromatic heterocycles. The number of hydrogen-bond acceptors (Lipinski definition) is 5. The molecule has 0 spiro atoms. The number of nitrogens with zero attached hydrogens (tertiary/aromatic N) is 1. The molecule has 0 saturated heterocycles. The van der Waals surface area contributed by atoms with Crippen LogP contribution in [0.15, 0.2) is 36.4 Å². The fraction of sp³-hybridized carbons (Fsp3) is 0.455. The molecule has 27 heavy (non-hydrogen) atoms. The normalized spacial score (nSPS) is 16.1. The van der Waals surface area contributed by atoms with Gasteiger partial charge in [0.1, 0.15) is 12.4 Å². The maximum atomic E-state index is 6.03. The van der Waals surface area contributed by atoms with Crippen LogP contribution in [0.3, 0.4) is 0 Å². The Bertz CT molecular complexity index is 761. The van der Waals surface area contributed by atoms with Crippen molar-refractivity contribution in [2.75, 3.05) is 47.5 Å². The highest BCUT2D eigenvalue weighted by Crippen LogP contribution is 2.38. The van der Waals surface area contributed by atoms with Gasteiger partial charge in [-0.3, -0.25) is 0 Å². The molecule has 1 aliphatic heterocycles. The molecule has 2 aromatic carbocycles. The predicted molar refractivity (Wildman–Crippen MR) is 108 cm³/mol. The van der Waals surface area contributed by atoms with E-state index in [9.17, 15) is 0 Å². The highest BCUT2D eigenvalue weighted by atomic mass is 16.5. The van der Waals surface area contributed by atoms with Crippen molar-refractivity contribution in [3.8, 4) is 17.2 Å². The first-order valence-electron chi connectivity index (χ1n) is 9.56. The summed E-state index contributed by atoms with van der Waals surface area (Å²) in [6, 6.07) is 12.7. The number of hydrogen-bond donors (Lipinski definition) is 1. The molecular weight excluding hydrogens is 340 g/mol. The zero-order valence-corrected chi connectivity index (χ0v) is 16.7. The zero-order valence-electron chi connectivity index (χ0n) is 16.7. The highest BCUT2D eigenvalue weighted by molar-refractivity contribution is 5.52. The lowest BCUT2D eigenvalue weighted by Gasteiger charge is -2.29. The average molecular weight is 370 g/mol. The van der Waals surface area contributed by atoms with Gasteiger partial charge in [0.15, 0.2) is 11.5 Å². The SMILES string of the molecule is CCOc1cccc(C2NCCc3cc(OC)c(OCCN(C)C)cc32)c1. The van der Waals surface area contributed by atoms with Crippen molar-refractivity contribution in [1.29, 1.82) is 0 Å². The molecule has 5 nitrogen and oxygen atoms in total. The Balaban J connectivity index is 1.92.